The van der Waals surface area contributed by atoms with E-state index in [0.717, 1.165) is 10.5 Å². The highest BCUT2D eigenvalue weighted by molar-refractivity contribution is 5.83. The summed E-state index contributed by atoms with van der Waals surface area (Å²) in [5, 5.41) is 2.84. The Kier molecular flexibility index (Phi) is 5.23. The molecule has 0 bridgehead atoms. The second kappa shape index (κ2) is 6.97. The fourth-order valence-electron chi connectivity index (χ4n) is 2.57. The van der Waals surface area contributed by atoms with Crippen molar-refractivity contribution in [1.82, 2.24) is 15.2 Å². The van der Waals surface area contributed by atoms with Crippen molar-refractivity contribution in [1.29, 1.82) is 0 Å². The second-order valence-corrected chi connectivity index (χ2v) is 5.58. The van der Waals surface area contributed by atoms with E-state index in [-0.39, 0.29) is 43.8 Å². The molecule has 1 aliphatic rings. The molecule has 1 unspecified atom stereocenters. The molecule has 1 saturated heterocycles. The summed E-state index contributed by atoms with van der Waals surface area (Å²) >= 11 is 0. The van der Waals surface area contributed by atoms with Crippen LogP contribution in [0.25, 0.3) is 0 Å². The van der Waals surface area contributed by atoms with Gasteiger partial charge in [0.25, 0.3) is 0 Å². The number of halogens is 3. The van der Waals surface area contributed by atoms with E-state index in [2.05, 4.69) is 10.3 Å². The zero-order valence-corrected chi connectivity index (χ0v) is 12.6. The van der Waals surface area contributed by atoms with Crippen LogP contribution in [0.4, 0.5) is 13.2 Å². The second-order valence-electron chi connectivity index (χ2n) is 5.58. The van der Waals surface area contributed by atoms with Gasteiger partial charge >= 0.3 is 12.1 Å². The first-order valence-electron chi connectivity index (χ1n) is 7.35. The molecular weight excluding hydrogens is 311 g/mol. The van der Waals surface area contributed by atoms with Gasteiger partial charge in [-0.25, -0.2) is 0 Å². The molecule has 5 nitrogen and oxygen atoms in total. The van der Waals surface area contributed by atoms with Crippen molar-refractivity contribution in [3.8, 4) is 0 Å². The van der Waals surface area contributed by atoms with Gasteiger partial charge in [0.05, 0.1) is 6.04 Å². The average Bonchev–Trinajstić information content (AvgIpc) is 2.54. The van der Waals surface area contributed by atoms with Gasteiger partial charge in [-0.1, -0.05) is 6.07 Å². The minimum atomic E-state index is -4.86. The average molecular weight is 329 g/mol. The molecule has 1 aromatic heterocycles. The molecule has 0 aliphatic carbocycles. The Balaban J connectivity index is 1.85. The normalized spacial score (nSPS) is 17.7. The first kappa shape index (κ1) is 17.2. The van der Waals surface area contributed by atoms with Crippen LogP contribution in [0.5, 0.6) is 0 Å². The maximum absolute atomic E-state index is 12.4. The van der Waals surface area contributed by atoms with E-state index < -0.39 is 12.1 Å². The molecule has 0 aromatic carbocycles. The van der Waals surface area contributed by atoms with Crippen LogP contribution in [0, 0.1) is 5.92 Å². The van der Waals surface area contributed by atoms with Gasteiger partial charge in [-0.15, -0.1) is 0 Å². The molecule has 1 fully saturated rings. The fourth-order valence-corrected chi connectivity index (χ4v) is 2.57. The number of nitrogens with zero attached hydrogens (tertiary/aromatic N) is 2. The third kappa shape index (κ3) is 4.43. The summed E-state index contributed by atoms with van der Waals surface area (Å²) in [6, 6.07) is 3.37. The van der Waals surface area contributed by atoms with E-state index >= 15 is 0 Å². The van der Waals surface area contributed by atoms with Gasteiger partial charge in [-0.05, 0) is 31.4 Å². The van der Waals surface area contributed by atoms with Crippen LogP contribution in [0.15, 0.2) is 24.5 Å². The predicted molar refractivity (Wildman–Crippen MR) is 76.2 cm³/mol. The minimum Gasteiger partial charge on any atom is -0.349 e. The number of hydrogen-bond donors (Lipinski definition) is 1. The molecule has 2 rings (SSSR count). The maximum Gasteiger partial charge on any atom is 0.471 e. The summed E-state index contributed by atoms with van der Waals surface area (Å²) in [7, 11) is 0. The number of carbonyl (C=O) groups excluding carboxylic acids is 2. The van der Waals surface area contributed by atoms with Gasteiger partial charge in [0.1, 0.15) is 0 Å². The smallest absolute Gasteiger partial charge is 0.349 e. The van der Waals surface area contributed by atoms with E-state index in [1.54, 1.807) is 18.5 Å². The van der Waals surface area contributed by atoms with Crippen molar-refractivity contribution in [2.45, 2.75) is 32.0 Å². The molecular formula is C15H18F3N3O2. The van der Waals surface area contributed by atoms with Crippen LogP contribution >= 0.6 is 0 Å². The van der Waals surface area contributed by atoms with Crippen molar-refractivity contribution >= 4 is 11.8 Å². The van der Waals surface area contributed by atoms with Crippen LogP contribution in [-0.4, -0.2) is 41.0 Å². The Labute approximate surface area is 131 Å². The zero-order chi connectivity index (χ0) is 17.0. The van der Waals surface area contributed by atoms with E-state index in [0.29, 0.717) is 0 Å². The maximum atomic E-state index is 12.4. The summed E-state index contributed by atoms with van der Waals surface area (Å²) in [5.41, 5.74) is 0.852. The number of carbonyl (C=O) groups is 2. The van der Waals surface area contributed by atoms with Crippen LogP contribution in [0.2, 0.25) is 0 Å². The molecule has 1 atom stereocenters. The lowest BCUT2D eigenvalue weighted by Gasteiger charge is -2.32. The first-order valence-corrected chi connectivity index (χ1v) is 7.35. The number of aromatic nitrogens is 1. The lowest BCUT2D eigenvalue weighted by Crippen LogP contribution is -2.47. The minimum absolute atomic E-state index is 0.0578. The molecule has 2 amide bonds. The van der Waals surface area contributed by atoms with Crippen LogP contribution in [0.3, 0.4) is 0 Å². The standard InChI is InChI=1S/C15H18F3N3O2/c1-10(12-3-2-6-19-9-12)20-13(22)11-4-7-21(8-5-11)14(23)15(16,17)18/h2-3,6,9-11H,4-5,7-8H2,1H3,(H,20,22). The molecule has 2 heterocycles. The predicted octanol–water partition coefficient (Wildman–Crippen LogP) is 2.06. The number of likely N-dealkylation sites (tertiary alicyclic amines) is 1. The molecule has 1 aromatic rings. The number of amides is 2. The quantitative estimate of drug-likeness (QED) is 0.923. The van der Waals surface area contributed by atoms with Gasteiger partial charge in [-0.3, -0.25) is 14.6 Å². The lowest BCUT2D eigenvalue weighted by atomic mass is 9.95. The fraction of sp³-hybridized carbons (Fsp3) is 0.533. The molecule has 0 spiro atoms. The van der Waals surface area contributed by atoms with Crippen molar-refractivity contribution in [3.63, 3.8) is 0 Å². The number of nitrogens with one attached hydrogen (secondary N) is 1. The van der Waals surface area contributed by atoms with E-state index in [1.807, 2.05) is 13.0 Å². The third-order valence-electron chi connectivity index (χ3n) is 3.94. The molecule has 1 aliphatic heterocycles. The summed E-state index contributed by atoms with van der Waals surface area (Å²) in [6.07, 6.45) is -1.12. The Hall–Kier alpha value is -2.12. The van der Waals surface area contributed by atoms with Crippen LogP contribution in [0.1, 0.15) is 31.4 Å². The number of piperidine rings is 1. The van der Waals surface area contributed by atoms with E-state index in [1.165, 1.54) is 0 Å². The molecule has 0 radical (unpaired) electrons. The van der Waals surface area contributed by atoms with E-state index in [4.69, 9.17) is 0 Å². The number of pyridine rings is 1. The van der Waals surface area contributed by atoms with Gasteiger partial charge in [0.2, 0.25) is 5.91 Å². The summed E-state index contributed by atoms with van der Waals surface area (Å²) < 4.78 is 37.1. The highest BCUT2D eigenvalue weighted by Crippen LogP contribution is 2.24. The van der Waals surface area contributed by atoms with Gasteiger partial charge < -0.3 is 10.2 Å². The van der Waals surface area contributed by atoms with Crippen molar-refractivity contribution < 1.29 is 22.8 Å². The monoisotopic (exact) mass is 329 g/mol. The lowest BCUT2D eigenvalue weighted by molar-refractivity contribution is -0.186. The Bertz CT molecular complexity index is 555. The number of hydrogen-bond acceptors (Lipinski definition) is 3. The highest BCUT2D eigenvalue weighted by Gasteiger charge is 2.43. The van der Waals surface area contributed by atoms with Gasteiger partial charge in [-0.2, -0.15) is 13.2 Å². The number of alkyl halides is 3. The third-order valence-corrected chi connectivity index (χ3v) is 3.94. The van der Waals surface area contributed by atoms with Crippen molar-refractivity contribution in [2.24, 2.45) is 5.92 Å². The van der Waals surface area contributed by atoms with E-state index in [9.17, 15) is 22.8 Å². The summed E-state index contributed by atoms with van der Waals surface area (Å²) in [5.74, 6) is -2.42. The largest absolute Gasteiger partial charge is 0.471 e. The van der Waals surface area contributed by atoms with Crippen molar-refractivity contribution in [3.05, 3.63) is 30.1 Å². The Morgan fingerprint density at radius 2 is 2.00 bits per heavy atom. The van der Waals surface area contributed by atoms with Crippen molar-refractivity contribution in [2.75, 3.05) is 13.1 Å². The van der Waals surface area contributed by atoms with Crippen LogP contribution < -0.4 is 5.32 Å². The Morgan fingerprint density at radius 1 is 1.35 bits per heavy atom. The summed E-state index contributed by atoms with van der Waals surface area (Å²) in [4.78, 5) is 28.1. The molecule has 8 heteroatoms. The summed E-state index contributed by atoms with van der Waals surface area (Å²) in [6.45, 7) is 1.70. The molecule has 126 valence electrons. The zero-order valence-electron chi connectivity index (χ0n) is 12.6. The first-order chi connectivity index (χ1) is 10.8. The highest BCUT2D eigenvalue weighted by atomic mass is 19.4. The van der Waals surface area contributed by atoms with Gasteiger partial charge in [0, 0.05) is 31.4 Å². The Morgan fingerprint density at radius 3 is 2.52 bits per heavy atom. The molecule has 1 N–H and O–H groups in total. The molecule has 23 heavy (non-hydrogen) atoms. The SMILES string of the molecule is CC(NC(=O)C1CCN(C(=O)C(F)(F)F)CC1)c1cccnc1. The van der Waals surface area contributed by atoms with Gasteiger partial charge in [0.15, 0.2) is 0 Å². The number of rotatable bonds is 3. The molecule has 0 saturated carbocycles. The van der Waals surface area contributed by atoms with Crippen LogP contribution in [-0.2, 0) is 9.59 Å². The topological polar surface area (TPSA) is 62.3 Å².